The van der Waals surface area contributed by atoms with Gasteiger partial charge in [-0.3, -0.25) is 0 Å². The normalized spacial score (nSPS) is 5.76. The molecule has 4 amide bonds. The molecule has 0 rings (SSSR count). The number of urea groups is 2. The maximum absolute atomic E-state index is 9.00. The topological polar surface area (TPSA) is 218 Å². The Hall–Kier alpha value is -1.90. The van der Waals surface area contributed by atoms with Gasteiger partial charge in [-0.2, -0.15) is 0 Å². The summed E-state index contributed by atoms with van der Waals surface area (Å²) in [6, 6.07) is -1.67. The number of amides is 4. The fourth-order valence-corrected chi connectivity index (χ4v) is 0. The van der Waals surface area contributed by atoms with Gasteiger partial charge in [0.2, 0.25) is 0 Å². The van der Waals surface area contributed by atoms with Gasteiger partial charge in [-0.05, 0) is 13.8 Å². The third kappa shape index (κ3) is 574. The third-order valence-electron chi connectivity index (χ3n) is 0. The molecule has 0 bridgehead atoms. The summed E-state index contributed by atoms with van der Waals surface area (Å²) in [5.74, 6) is -2.17. The first-order valence-corrected chi connectivity index (χ1v) is 3.38. The minimum atomic E-state index is -1.08. The van der Waals surface area contributed by atoms with Crippen molar-refractivity contribution in [1.29, 1.82) is 0 Å². The van der Waals surface area contributed by atoms with Gasteiger partial charge in [-0.1, -0.05) is 0 Å². The molecule has 0 unspecified atom stereocenters. The summed E-state index contributed by atoms with van der Waals surface area (Å²) in [4.78, 5) is 35.8. The van der Waals surface area contributed by atoms with E-state index in [9.17, 15) is 0 Å². The first-order valence-electron chi connectivity index (χ1n) is 3.38. The zero-order valence-corrected chi connectivity index (χ0v) is 12.4. The number of hydrogen-bond acceptors (Lipinski definition) is 6. The van der Waals surface area contributed by atoms with Crippen LogP contribution in [-0.2, 0) is 29.1 Å². The van der Waals surface area contributed by atoms with E-state index < -0.39 is 24.0 Å². The van der Waals surface area contributed by atoms with Crippen LogP contribution in [0.3, 0.4) is 0 Å². The van der Waals surface area contributed by atoms with Crippen LogP contribution >= 0.6 is 0 Å². The second kappa shape index (κ2) is 23.7. The van der Waals surface area contributed by atoms with Gasteiger partial charge >= 0.3 is 31.5 Å². The summed E-state index contributed by atoms with van der Waals surface area (Å²) in [7, 11) is 0. The maximum Gasteiger partial charge on any atom is 2.00 e. The van der Waals surface area contributed by atoms with Gasteiger partial charge < -0.3 is 42.7 Å². The first kappa shape index (κ1) is 29.4. The molecule has 11 heteroatoms. The SMILES string of the molecule is CC(=O)[O-].CC(=O)[O-].NC(N)=O.NC(N)=O.[Zn+2]. The van der Waals surface area contributed by atoms with E-state index in [2.05, 4.69) is 22.9 Å². The van der Waals surface area contributed by atoms with E-state index in [1.165, 1.54) is 0 Å². The van der Waals surface area contributed by atoms with E-state index >= 15 is 0 Å². The van der Waals surface area contributed by atoms with E-state index in [1.807, 2.05) is 0 Å². The van der Waals surface area contributed by atoms with Gasteiger partial charge in [-0.15, -0.1) is 0 Å². The molecule has 0 aromatic carbocycles. The summed E-state index contributed by atoms with van der Waals surface area (Å²) >= 11 is 0. The average molecular weight is 304 g/mol. The molecule has 17 heavy (non-hydrogen) atoms. The predicted molar refractivity (Wildman–Crippen MR) is 48.9 cm³/mol. The van der Waals surface area contributed by atoms with E-state index in [0.29, 0.717) is 0 Å². The molecule has 0 saturated heterocycles. The van der Waals surface area contributed by atoms with Gasteiger partial charge in [0.1, 0.15) is 0 Å². The minimum absolute atomic E-state index is 0. The van der Waals surface area contributed by atoms with Crippen LogP contribution in [0.4, 0.5) is 9.59 Å². The van der Waals surface area contributed by atoms with Crippen LogP contribution in [-0.4, -0.2) is 24.0 Å². The molecule has 0 spiro atoms. The number of carboxylic acids is 2. The summed E-state index contributed by atoms with van der Waals surface area (Å²) in [5, 5.41) is 17.8. The van der Waals surface area contributed by atoms with Crippen LogP contribution in [0.25, 0.3) is 0 Å². The Morgan fingerprint density at radius 2 is 0.706 bits per heavy atom. The molecule has 8 N–H and O–H groups in total. The first-order chi connectivity index (χ1) is 6.93. The third-order valence-corrected chi connectivity index (χ3v) is 0. The monoisotopic (exact) mass is 302 g/mol. The maximum atomic E-state index is 9.00. The quantitative estimate of drug-likeness (QED) is 0.323. The molecule has 0 atom stereocenters. The summed E-state index contributed by atoms with van der Waals surface area (Å²) in [6.45, 7) is 1.94. The number of carbonyl (C=O) groups is 4. The van der Waals surface area contributed by atoms with Crippen LogP contribution in [0, 0.1) is 0 Å². The Bertz CT molecular complexity index is 171. The van der Waals surface area contributed by atoms with Gasteiger partial charge in [0, 0.05) is 11.9 Å². The van der Waals surface area contributed by atoms with Gasteiger partial charge in [0.25, 0.3) is 0 Å². The standard InChI is InChI=1S/2C2H4O2.2CH4N2O.Zn/c2*1-2(3)4;2*2-1(3)4;/h2*1H3,(H,3,4);2*(H4,2,3,4);/q;;;;+2/p-2. The number of carbonyl (C=O) groups excluding carboxylic acids is 4. The Balaban J connectivity index is -0.0000000369. The van der Waals surface area contributed by atoms with Gasteiger partial charge in [-0.25, -0.2) is 9.59 Å². The van der Waals surface area contributed by atoms with Crippen molar-refractivity contribution in [3.63, 3.8) is 0 Å². The summed E-state index contributed by atoms with van der Waals surface area (Å²) < 4.78 is 0. The van der Waals surface area contributed by atoms with E-state index in [-0.39, 0.29) is 19.5 Å². The molecule has 0 saturated carbocycles. The van der Waals surface area contributed by atoms with Crippen molar-refractivity contribution in [2.24, 2.45) is 22.9 Å². The zero-order chi connectivity index (χ0) is 14.3. The molecule has 0 aromatic rings. The molecule has 0 aromatic heterocycles. The van der Waals surface area contributed by atoms with Crippen LogP contribution < -0.4 is 33.1 Å². The Morgan fingerprint density at radius 1 is 0.706 bits per heavy atom. The minimum Gasteiger partial charge on any atom is -0.550 e. The van der Waals surface area contributed by atoms with Crippen molar-refractivity contribution in [3.05, 3.63) is 0 Å². The second-order valence-corrected chi connectivity index (χ2v) is 1.79. The van der Waals surface area contributed by atoms with Crippen LogP contribution in [0.1, 0.15) is 13.8 Å². The molecule has 0 aliphatic carbocycles. The molecule has 0 aliphatic rings. The molecule has 0 heterocycles. The molecule has 10 nitrogen and oxygen atoms in total. The van der Waals surface area contributed by atoms with Crippen molar-refractivity contribution < 1.29 is 48.9 Å². The molecule has 0 aliphatic heterocycles. The van der Waals surface area contributed by atoms with Crippen LogP contribution in [0.5, 0.6) is 0 Å². The van der Waals surface area contributed by atoms with E-state index in [4.69, 9.17) is 29.4 Å². The van der Waals surface area contributed by atoms with Crippen molar-refractivity contribution in [3.8, 4) is 0 Å². The fraction of sp³-hybridized carbons (Fsp3) is 0.333. The fourth-order valence-electron chi connectivity index (χ4n) is 0. The van der Waals surface area contributed by atoms with E-state index in [0.717, 1.165) is 13.8 Å². The number of hydrogen-bond donors (Lipinski definition) is 4. The van der Waals surface area contributed by atoms with Crippen molar-refractivity contribution in [2.45, 2.75) is 13.8 Å². The molecule has 96 valence electrons. The van der Waals surface area contributed by atoms with Crippen LogP contribution in [0.15, 0.2) is 0 Å². The predicted octanol–water partition coefficient (Wildman–Crippen LogP) is -4.44. The van der Waals surface area contributed by atoms with Gasteiger partial charge in [0.05, 0.1) is 0 Å². The van der Waals surface area contributed by atoms with Crippen molar-refractivity contribution in [1.82, 2.24) is 0 Å². The summed E-state index contributed by atoms with van der Waals surface area (Å²) in [6.07, 6.45) is 0. The smallest absolute Gasteiger partial charge is 0.550 e. The zero-order valence-electron chi connectivity index (χ0n) is 9.47. The number of aliphatic carboxylic acids is 2. The van der Waals surface area contributed by atoms with Crippen molar-refractivity contribution in [2.75, 3.05) is 0 Å². The van der Waals surface area contributed by atoms with Gasteiger partial charge in [0.15, 0.2) is 0 Å². The van der Waals surface area contributed by atoms with Crippen molar-refractivity contribution >= 4 is 24.0 Å². The van der Waals surface area contributed by atoms with Crippen LogP contribution in [0.2, 0.25) is 0 Å². The Labute approximate surface area is 110 Å². The average Bonchev–Trinajstić information content (AvgIpc) is 1.76. The summed E-state index contributed by atoms with van der Waals surface area (Å²) in [5.41, 5.74) is 17.0. The number of carboxylic acid groups (broad SMARTS) is 2. The second-order valence-electron chi connectivity index (χ2n) is 1.79. The molecular weight excluding hydrogens is 289 g/mol. The van der Waals surface area contributed by atoms with E-state index in [1.54, 1.807) is 0 Å². The molecule has 0 radical (unpaired) electrons. The largest absolute Gasteiger partial charge is 2.00 e. The Kier molecular flexibility index (Phi) is 41.1. The number of nitrogens with two attached hydrogens (primary N) is 4. The molecular formula is C6H14N4O6Zn. The number of rotatable bonds is 0. The Morgan fingerprint density at radius 3 is 0.706 bits per heavy atom. The number of primary amides is 4. The molecule has 0 fully saturated rings.